The second-order valence-electron chi connectivity index (χ2n) is 5.15. The van der Waals surface area contributed by atoms with Crippen molar-refractivity contribution in [2.45, 2.75) is 77.7 Å². The average Bonchev–Trinajstić information content (AvgIpc) is 2.77. The number of hydrogen-bond acceptors (Lipinski definition) is 2. The van der Waals surface area contributed by atoms with Crippen LogP contribution in [0.15, 0.2) is 0 Å². The summed E-state index contributed by atoms with van der Waals surface area (Å²) in [4.78, 5) is 2.67. The molecule has 0 spiro atoms. The van der Waals surface area contributed by atoms with E-state index in [1.54, 1.807) is 0 Å². The smallest absolute Gasteiger partial charge is 0.0462 e. The van der Waals surface area contributed by atoms with Crippen LogP contribution in [0.4, 0.5) is 0 Å². The Hall–Kier alpha value is -0.550. The molecule has 100 valence electrons. The molecule has 0 amide bonds. The fraction of sp³-hybridized carbons (Fsp3) is 0.933. The van der Waals surface area contributed by atoms with Crippen LogP contribution in [0, 0.1) is 11.8 Å². The molecule has 0 aromatic heterocycles. The van der Waals surface area contributed by atoms with Crippen LogP contribution in [-0.4, -0.2) is 24.0 Å². The molecule has 0 aromatic carbocycles. The lowest BCUT2D eigenvalue weighted by atomic mass is 10.1. The predicted octanol–water partition coefficient (Wildman–Crippen LogP) is 4.36. The molecular formula is C15H30N2. The van der Waals surface area contributed by atoms with E-state index in [2.05, 4.69) is 25.3 Å². The Labute approximate surface area is 108 Å². The monoisotopic (exact) mass is 238 g/mol. The Kier molecular flexibility index (Phi) is 11.5. The molecule has 1 saturated heterocycles. The predicted molar refractivity (Wildman–Crippen MR) is 74.9 cm³/mol. The van der Waals surface area contributed by atoms with Gasteiger partial charge in [-0.15, -0.1) is 0 Å². The van der Waals surface area contributed by atoms with E-state index < -0.39 is 0 Å². The van der Waals surface area contributed by atoms with E-state index >= 15 is 0 Å². The molecular weight excluding hydrogens is 208 g/mol. The first kappa shape index (κ1) is 16.4. The summed E-state index contributed by atoms with van der Waals surface area (Å²) in [6.45, 7) is 10.9. The van der Waals surface area contributed by atoms with Crippen LogP contribution in [0.3, 0.4) is 0 Å². The fourth-order valence-corrected chi connectivity index (χ4v) is 2.60. The van der Waals surface area contributed by atoms with Crippen molar-refractivity contribution < 1.29 is 0 Å². The Morgan fingerprint density at radius 2 is 1.65 bits per heavy atom. The third kappa shape index (κ3) is 8.21. The summed E-state index contributed by atoms with van der Waals surface area (Å²) in [5, 5.41) is 6.50. The highest BCUT2D eigenvalue weighted by molar-refractivity contribution is 4.74. The van der Waals surface area contributed by atoms with E-state index in [0.29, 0.717) is 0 Å². The molecule has 0 radical (unpaired) electrons. The van der Waals surface area contributed by atoms with E-state index in [-0.39, 0.29) is 0 Å². The quantitative estimate of drug-likeness (QED) is 0.587. The van der Waals surface area contributed by atoms with Gasteiger partial charge in [0.05, 0.1) is 0 Å². The molecule has 1 aliphatic heterocycles. The molecule has 0 N–H and O–H groups in total. The standard InChI is InChI=1S/C14H29N.CHN/c1-3-4-5-6-7-8-9-12-15-13-10-11-14(15)2;1-2/h14H,3-13H2,1-2H3;1H. The molecule has 1 heterocycles. The summed E-state index contributed by atoms with van der Waals surface area (Å²) in [5.41, 5.74) is 0. The second-order valence-corrected chi connectivity index (χ2v) is 5.15. The second kappa shape index (κ2) is 11.9. The zero-order valence-corrected chi connectivity index (χ0v) is 11.8. The van der Waals surface area contributed by atoms with Gasteiger partial charge >= 0.3 is 0 Å². The minimum atomic E-state index is 0.866. The molecule has 1 atom stereocenters. The van der Waals surface area contributed by atoms with Gasteiger partial charge in [0.25, 0.3) is 0 Å². The normalized spacial score (nSPS) is 19.9. The van der Waals surface area contributed by atoms with Crippen LogP contribution in [0.1, 0.15) is 71.6 Å². The number of rotatable bonds is 8. The molecule has 1 rings (SSSR count). The number of nitriles is 1. The number of likely N-dealkylation sites (tertiary alicyclic amines) is 1. The van der Waals surface area contributed by atoms with Gasteiger partial charge in [0.15, 0.2) is 0 Å². The summed E-state index contributed by atoms with van der Waals surface area (Å²) in [5.74, 6) is 0. The summed E-state index contributed by atoms with van der Waals surface area (Å²) >= 11 is 0. The van der Waals surface area contributed by atoms with Crippen molar-refractivity contribution in [1.82, 2.24) is 4.90 Å². The number of unbranched alkanes of at least 4 members (excludes halogenated alkanes) is 6. The van der Waals surface area contributed by atoms with Gasteiger partial charge in [-0.3, -0.25) is 0 Å². The third-order valence-electron chi connectivity index (χ3n) is 3.74. The van der Waals surface area contributed by atoms with Gasteiger partial charge < -0.3 is 4.90 Å². The number of hydrogen-bond donors (Lipinski definition) is 0. The molecule has 0 bridgehead atoms. The van der Waals surface area contributed by atoms with E-state index in [4.69, 9.17) is 5.26 Å². The lowest BCUT2D eigenvalue weighted by Crippen LogP contribution is -2.27. The summed E-state index contributed by atoms with van der Waals surface area (Å²) in [6, 6.07) is 0.866. The van der Waals surface area contributed by atoms with Gasteiger partial charge in [0.2, 0.25) is 0 Å². The van der Waals surface area contributed by atoms with Crippen molar-refractivity contribution in [3.05, 3.63) is 0 Å². The van der Waals surface area contributed by atoms with Crippen LogP contribution in [0.5, 0.6) is 0 Å². The van der Waals surface area contributed by atoms with Crippen molar-refractivity contribution in [3.8, 4) is 6.57 Å². The summed E-state index contributed by atoms with van der Waals surface area (Å²) in [6.07, 6.45) is 12.9. The zero-order chi connectivity index (χ0) is 12.9. The van der Waals surface area contributed by atoms with E-state index in [1.165, 1.54) is 70.9 Å². The maximum atomic E-state index is 6.50. The largest absolute Gasteiger partial charge is 0.301 e. The highest BCUT2D eigenvalue weighted by Gasteiger charge is 2.18. The highest BCUT2D eigenvalue weighted by Crippen LogP contribution is 2.17. The first-order chi connectivity index (χ1) is 8.34. The average molecular weight is 238 g/mol. The SMILES string of the molecule is C#N.CCCCCCCCCN1CCCC1C. The van der Waals surface area contributed by atoms with Crippen LogP contribution >= 0.6 is 0 Å². The lowest BCUT2D eigenvalue weighted by molar-refractivity contribution is 0.262. The van der Waals surface area contributed by atoms with Crippen molar-refractivity contribution in [2.75, 3.05) is 13.1 Å². The van der Waals surface area contributed by atoms with Crippen molar-refractivity contribution in [1.29, 1.82) is 5.26 Å². The fourth-order valence-electron chi connectivity index (χ4n) is 2.60. The zero-order valence-electron chi connectivity index (χ0n) is 11.8. The van der Waals surface area contributed by atoms with Crippen molar-refractivity contribution in [2.24, 2.45) is 0 Å². The van der Waals surface area contributed by atoms with Gasteiger partial charge in [0.1, 0.15) is 0 Å². The van der Waals surface area contributed by atoms with Crippen LogP contribution in [-0.2, 0) is 0 Å². The maximum absolute atomic E-state index is 6.50. The summed E-state index contributed by atoms with van der Waals surface area (Å²) in [7, 11) is 0. The van der Waals surface area contributed by atoms with Gasteiger partial charge in [-0.1, -0.05) is 45.4 Å². The van der Waals surface area contributed by atoms with Crippen molar-refractivity contribution >= 4 is 0 Å². The van der Waals surface area contributed by atoms with Gasteiger partial charge in [-0.05, 0) is 39.3 Å². The molecule has 0 aliphatic carbocycles. The molecule has 1 fully saturated rings. The maximum Gasteiger partial charge on any atom is 0.0462 e. The summed E-state index contributed by atoms with van der Waals surface area (Å²) < 4.78 is 0. The topological polar surface area (TPSA) is 27.0 Å². The van der Waals surface area contributed by atoms with E-state index in [9.17, 15) is 0 Å². The first-order valence-electron chi connectivity index (χ1n) is 7.34. The Morgan fingerprint density at radius 3 is 2.18 bits per heavy atom. The Morgan fingerprint density at radius 1 is 1.06 bits per heavy atom. The molecule has 2 heteroatoms. The number of nitrogens with zero attached hydrogens (tertiary/aromatic N) is 2. The van der Waals surface area contributed by atoms with Crippen molar-refractivity contribution in [3.63, 3.8) is 0 Å². The Balaban J connectivity index is 0.00000121. The van der Waals surface area contributed by atoms with Gasteiger partial charge in [-0.25, -0.2) is 5.26 Å². The minimum Gasteiger partial charge on any atom is -0.301 e. The molecule has 17 heavy (non-hydrogen) atoms. The molecule has 1 unspecified atom stereocenters. The van der Waals surface area contributed by atoms with E-state index in [1.807, 2.05) is 0 Å². The van der Waals surface area contributed by atoms with Crippen LogP contribution in [0.2, 0.25) is 0 Å². The van der Waals surface area contributed by atoms with Gasteiger partial charge in [0, 0.05) is 12.6 Å². The lowest BCUT2D eigenvalue weighted by Gasteiger charge is -2.20. The minimum absolute atomic E-state index is 0.866. The molecule has 1 aliphatic rings. The third-order valence-corrected chi connectivity index (χ3v) is 3.74. The molecule has 0 aromatic rings. The molecule has 0 saturated carbocycles. The first-order valence-corrected chi connectivity index (χ1v) is 7.34. The van der Waals surface area contributed by atoms with Crippen LogP contribution < -0.4 is 0 Å². The van der Waals surface area contributed by atoms with Gasteiger partial charge in [-0.2, -0.15) is 0 Å². The highest BCUT2D eigenvalue weighted by atomic mass is 15.2. The molecule has 2 nitrogen and oxygen atoms in total. The van der Waals surface area contributed by atoms with Crippen LogP contribution in [0.25, 0.3) is 0 Å². The van der Waals surface area contributed by atoms with E-state index in [0.717, 1.165) is 6.04 Å². The Bertz CT molecular complexity index is 177.